The molecule has 0 unspecified atom stereocenters. The van der Waals surface area contributed by atoms with Crippen LogP contribution >= 0.6 is 0 Å². The molecule has 0 saturated carbocycles. The quantitative estimate of drug-likeness (QED) is 0.681. The van der Waals surface area contributed by atoms with Crippen molar-refractivity contribution in [2.45, 2.75) is 0 Å². The summed E-state index contributed by atoms with van der Waals surface area (Å²) in [5.74, 6) is 0.450. The molecule has 1 amide bonds. The molecule has 2 aliphatic heterocycles. The molecular weight excluding hydrogens is 214 g/mol. The Morgan fingerprint density at radius 3 is 2.82 bits per heavy atom. The summed E-state index contributed by atoms with van der Waals surface area (Å²) in [6.45, 7) is 0. The first-order valence-corrected chi connectivity index (χ1v) is 5.23. The van der Waals surface area contributed by atoms with Crippen LogP contribution in [0, 0.1) is 0 Å². The van der Waals surface area contributed by atoms with Crippen molar-refractivity contribution in [1.29, 1.82) is 0 Å². The third-order valence-corrected chi connectivity index (χ3v) is 2.54. The molecule has 82 valence electrons. The zero-order chi connectivity index (χ0) is 11.7. The number of rotatable bonds is 1. The third-order valence-electron chi connectivity index (χ3n) is 2.54. The molecule has 0 aliphatic carbocycles. The fourth-order valence-electron chi connectivity index (χ4n) is 1.74. The minimum atomic E-state index is -0.215. The van der Waals surface area contributed by atoms with Crippen molar-refractivity contribution >= 4 is 17.8 Å². The van der Waals surface area contributed by atoms with Crippen LogP contribution in [-0.2, 0) is 4.79 Å². The summed E-state index contributed by atoms with van der Waals surface area (Å²) in [5, 5.41) is 0. The van der Waals surface area contributed by atoms with E-state index >= 15 is 0 Å². The lowest BCUT2D eigenvalue weighted by molar-refractivity contribution is -0.114. The molecule has 2 aliphatic rings. The molecule has 4 nitrogen and oxygen atoms in total. The second-order valence-corrected chi connectivity index (χ2v) is 3.66. The highest BCUT2D eigenvalue weighted by molar-refractivity contribution is 6.17. The average Bonchev–Trinajstić information content (AvgIpc) is 2.68. The van der Waals surface area contributed by atoms with E-state index in [-0.39, 0.29) is 5.91 Å². The van der Waals surface area contributed by atoms with E-state index in [1.165, 1.54) is 0 Å². The SMILES string of the molecule is O=C1N=C2C=CC=CN2/C1=C/c1ccncc1. The van der Waals surface area contributed by atoms with Gasteiger partial charge < -0.3 is 0 Å². The monoisotopic (exact) mass is 223 g/mol. The molecular formula is C13H9N3O. The van der Waals surface area contributed by atoms with Crippen molar-refractivity contribution in [3.8, 4) is 0 Å². The van der Waals surface area contributed by atoms with Gasteiger partial charge in [0, 0.05) is 18.6 Å². The molecule has 0 bridgehead atoms. The number of aromatic nitrogens is 1. The number of allylic oxidation sites excluding steroid dienone is 2. The number of amides is 1. The standard InChI is InChI=1S/C13H9N3O/c17-13-11(9-10-4-6-14-7-5-10)16-8-2-1-3-12(16)15-13/h1-9H/b11-9+. The first kappa shape index (κ1) is 9.72. The lowest BCUT2D eigenvalue weighted by Crippen LogP contribution is -2.20. The summed E-state index contributed by atoms with van der Waals surface area (Å²) >= 11 is 0. The van der Waals surface area contributed by atoms with Crippen LogP contribution < -0.4 is 0 Å². The zero-order valence-electron chi connectivity index (χ0n) is 8.95. The number of nitrogens with zero attached hydrogens (tertiary/aromatic N) is 3. The predicted octanol–water partition coefficient (Wildman–Crippen LogP) is 1.75. The summed E-state index contributed by atoms with van der Waals surface area (Å²) < 4.78 is 0. The van der Waals surface area contributed by atoms with Crippen LogP contribution in [0.5, 0.6) is 0 Å². The Bertz CT molecular complexity index is 582. The highest BCUT2D eigenvalue weighted by atomic mass is 16.2. The maximum Gasteiger partial charge on any atom is 0.295 e. The van der Waals surface area contributed by atoms with Gasteiger partial charge in [0.15, 0.2) is 0 Å². The molecule has 0 N–H and O–H groups in total. The van der Waals surface area contributed by atoms with Crippen LogP contribution in [0.2, 0.25) is 0 Å². The van der Waals surface area contributed by atoms with Crippen molar-refractivity contribution in [1.82, 2.24) is 9.88 Å². The van der Waals surface area contributed by atoms with Crippen LogP contribution in [0.3, 0.4) is 0 Å². The Hall–Kier alpha value is -2.49. The first-order chi connectivity index (χ1) is 8.34. The summed E-state index contributed by atoms with van der Waals surface area (Å²) in [4.78, 5) is 21.5. The van der Waals surface area contributed by atoms with Gasteiger partial charge in [-0.05, 0) is 35.9 Å². The first-order valence-electron chi connectivity index (χ1n) is 5.23. The predicted molar refractivity (Wildman–Crippen MR) is 64.8 cm³/mol. The van der Waals surface area contributed by atoms with Crippen molar-refractivity contribution in [3.63, 3.8) is 0 Å². The Balaban J connectivity index is 2.00. The van der Waals surface area contributed by atoms with Crippen molar-refractivity contribution in [2.75, 3.05) is 0 Å². The molecule has 0 atom stereocenters. The fraction of sp³-hybridized carbons (Fsp3) is 0. The molecule has 0 aromatic carbocycles. The Morgan fingerprint density at radius 1 is 1.18 bits per heavy atom. The van der Waals surface area contributed by atoms with Crippen LogP contribution in [0.1, 0.15) is 5.56 Å². The van der Waals surface area contributed by atoms with Crippen LogP contribution in [0.25, 0.3) is 6.08 Å². The van der Waals surface area contributed by atoms with E-state index in [4.69, 9.17) is 0 Å². The molecule has 1 aromatic heterocycles. The van der Waals surface area contributed by atoms with E-state index in [0.717, 1.165) is 5.56 Å². The molecule has 4 heteroatoms. The van der Waals surface area contributed by atoms with Crippen LogP contribution in [0.15, 0.2) is 59.6 Å². The summed E-state index contributed by atoms with van der Waals surface area (Å²) in [7, 11) is 0. The third kappa shape index (κ3) is 1.69. The molecule has 0 spiro atoms. The number of amidine groups is 1. The van der Waals surface area contributed by atoms with Gasteiger partial charge in [-0.3, -0.25) is 14.7 Å². The Kier molecular flexibility index (Phi) is 2.19. The topological polar surface area (TPSA) is 45.6 Å². The smallest absolute Gasteiger partial charge is 0.295 e. The highest BCUT2D eigenvalue weighted by Gasteiger charge is 2.27. The van der Waals surface area contributed by atoms with E-state index in [1.807, 2.05) is 42.6 Å². The van der Waals surface area contributed by atoms with Gasteiger partial charge >= 0.3 is 0 Å². The van der Waals surface area contributed by atoms with Gasteiger partial charge in [0.1, 0.15) is 11.5 Å². The Morgan fingerprint density at radius 2 is 2.00 bits per heavy atom. The van der Waals surface area contributed by atoms with E-state index in [2.05, 4.69) is 9.98 Å². The fourth-order valence-corrected chi connectivity index (χ4v) is 1.74. The number of hydrogen-bond donors (Lipinski definition) is 0. The van der Waals surface area contributed by atoms with Gasteiger partial charge in [0.05, 0.1) is 0 Å². The van der Waals surface area contributed by atoms with Gasteiger partial charge in [-0.1, -0.05) is 6.08 Å². The number of pyridine rings is 1. The second kappa shape index (κ2) is 3.83. The minimum absolute atomic E-state index is 0.215. The van der Waals surface area contributed by atoms with Gasteiger partial charge in [-0.2, -0.15) is 4.99 Å². The van der Waals surface area contributed by atoms with E-state index in [1.54, 1.807) is 17.3 Å². The minimum Gasteiger partial charge on any atom is -0.297 e. The van der Waals surface area contributed by atoms with Crippen LogP contribution in [-0.4, -0.2) is 21.6 Å². The van der Waals surface area contributed by atoms with Gasteiger partial charge in [-0.25, -0.2) is 0 Å². The zero-order valence-corrected chi connectivity index (χ0v) is 8.95. The van der Waals surface area contributed by atoms with Crippen molar-refractivity contribution in [3.05, 3.63) is 60.2 Å². The number of carbonyl (C=O) groups excluding carboxylic acids is 1. The second-order valence-electron chi connectivity index (χ2n) is 3.66. The molecule has 3 heterocycles. The van der Waals surface area contributed by atoms with E-state index in [9.17, 15) is 4.79 Å². The average molecular weight is 223 g/mol. The Labute approximate surface area is 98.3 Å². The molecule has 0 saturated heterocycles. The maximum absolute atomic E-state index is 11.8. The van der Waals surface area contributed by atoms with E-state index in [0.29, 0.717) is 11.5 Å². The van der Waals surface area contributed by atoms with Gasteiger partial charge in [0.2, 0.25) is 0 Å². The summed E-state index contributed by atoms with van der Waals surface area (Å²) in [5.41, 5.74) is 1.49. The largest absolute Gasteiger partial charge is 0.297 e. The number of aliphatic imine (C=N–C) groups is 1. The van der Waals surface area contributed by atoms with Gasteiger partial charge in [0.25, 0.3) is 5.91 Å². The molecule has 3 rings (SSSR count). The maximum atomic E-state index is 11.8. The van der Waals surface area contributed by atoms with Crippen LogP contribution in [0.4, 0.5) is 0 Å². The van der Waals surface area contributed by atoms with Gasteiger partial charge in [-0.15, -0.1) is 0 Å². The molecule has 17 heavy (non-hydrogen) atoms. The highest BCUT2D eigenvalue weighted by Crippen LogP contribution is 2.22. The molecule has 0 radical (unpaired) electrons. The summed E-state index contributed by atoms with van der Waals surface area (Å²) in [6.07, 6.45) is 12.6. The normalized spacial score (nSPS) is 19.8. The lowest BCUT2D eigenvalue weighted by Gasteiger charge is -2.16. The van der Waals surface area contributed by atoms with E-state index < -0.39 is 0 Å². The lowest BCUT2D eigenvalue weighted by atomic mass is 10.2. The number of fused-ring (bicyclic) bond motifs is 1. The van der Waals surface area contributed by atoms with Crippen molar-refractivity contribution < 1.29 is 4.79 Å². The molecule has 0 fully saturated rings. The number of carbonyl (C=O) groups is 1. The number of hydrogen-bond acceptors (Lipinski definition) is 3. The van der Waals surface area contributed by atoms with Crippen molar-refractivity contribution in [2.24, 2.45) is 4.99 Å². The summed E-state index contributed by atoms with van der Waals surface area (Å²) in [6, 6.07) is 3.70. The molecule has 1 aromatic rings.